The number of allylic oxidation sites excluding steroid dienone is 2. The van der Waals surface area contributed by atoms with E-state index >= 15 is 0 Å². The maximum Gasteiger partial charge on any atom is 0.192 e. The third-order valence-electron chi connectivity index (χ3n) is 14.9. The van der Waals surface area contributed by atoms with Gasteiger partial charge in [-0.2, -0.15) is 0 Å². The molecule has 0 aliphatic heterocycles. The fraction of sp³-hybridized carbons (Fsp3) is 0.808. The Labute approximate surface area is 395 Å². The van der Waals surface area contributed by atoms with Gasteiger partial charge in [0.1, 0.15) is 5.75 Å². The molecule has 0 saturated heterocycles. The summed E-state index contributed by atoms with van der Waals surface area (Å²) in [5, 5.41) is 11.4. The van der Waals surface area contributed by atoms with Crippen molar-refractivity contribution in [2.45, 2.75) is 239 Å². The predicted molar refractivity (Wildman–Crippen MR) is 284 cm³/mol. The lowest BCUT2D eigenvalue weighted by Crippen LogP contribution is -2.46. The van der Waals surface area contributed by atoms with Crippen molar-refractivity contribution in [2.75, 3.05) is 20.3 Å². The highest BCUT2D eigenvalue weighted by atomic mass is 28.4. The molecule has 0 aliphatic rings. The minimum atomic E-state index is -1.94. The van der Waals surface area contributed by atoms with Crippen molar-refractivity contribution in [3.8, 4) is 5.75 Å². The van der Waals surface area contributed by atoms with E-state index in [2.05, 4.69) is 175 Å². The second-order valence-corrected chi connectivity index (χ2v) is 43.7. The molecule has 7 nitrogen and oxygen atoms in total. The van der Waals surface area contributed by atoms with Gasteiger partial charge >= 0.3 is 0 Å². The molecule has 63 heavy (non-hydrogen) atoms. The van der Waals surface area contributed by atoms with Crippen LogP contribution in [0.15, 0.2) is 49.6 Å². The SMILES string of the molecule is C=CC[C@@H](C)[C@H](C[C@@H](CCO[Si](C)(C)C(C)(C)C)OCc1ccc(OC)cc1)O[Si](C)(C)C(C)(C)C.C=CC[C@@H](C)[C@H](C[C@H](O)CCO[Si](C)(C)C(C)(C)C)O[Si](C)(C)C(C)(C)C. The van der Waals surface area contributed by atoms with E-state index in [1.165, 1.54) is 0 Å². The first kappa shape index (κ1) is 62.1. The smallest absolute Gasteiger partial charge is 0.192 e. The highest BCUT2D eigenvalue weighted by molar-refractivity contribution is 6.75. The van der Waals surface area contributed by atoms with Crippen molar-refractivity contribution in [3.05, 3.63) is 55.1 Å². The first-order chi connectivity index (χ1) is 28.4. The Morgan fingerprint density at radius 3 is 1.29 bits per heavy atom. The number of aliphatic hydroxyl groups excluding tert-OH is 1. The van der Waals surface area contributed by atoms with Crippen LogP contribution in [0.2, 0.25) is 72.5 Å². The molecule has 0 heterocycles. The van der Waals surface area contributed by atoms with Gasteiger partial charge in [-0.25, -0.2) is 0 Å². The summed E-state index contributed by atoms with van der Waals surface area (Å²) in [7, 11) is -5.70. The molecule has 0 spiro atoms. The first-order valence-electron chi connectivity index (χ1n) is 24.2. The third-order valence-corrected chi connectivity index (χ3v) is 33.0. The van der Waals surface area contributed by atoms with Crippen molar-refractivity contribution < 1.29 is 32.3 Å². The Morgan fingerprint density at radius 2 is 0.937 bits per heavy atom. The van der Waals surface area contributed by atoms with Crippen LogP contribution in [0.4, 0.5) is 0 Å². The van der Waals surface area contributed by atoms with Gasteiger partial charge in [0, 0.05) is 13.2 Å². The minimum Gasteiger partial charge on any atom is -0.497 e. The third kappa shape index (κ3) is 22.2. The van der Waals surface area contributed by atoms with E-state index in [9.17, 15) is 5.11 Å². The monoisotopic (exact) mass is 953 g/mol. The van der Waals surface area contributed by atoms with Gasteiger partial charge in [-0.05, 0) is 141 Å². The van der Waals surface area contributed by atoms with Gasteiger partial charge in [-0.3, -0.25) is 0 Å². The zero-order valence-corrected chi connectivity index (χ0v) is 49.6. The summed E-state index contributed by atoms with van der Waals surface area (Å²) in [6, 6.07) is 8.13. The number of methoxy groups -OCH3 is 1. The number of hydrogen-bond donors (Lipinski definition) is 1. The Bertz CT molecular complexity index is 1430. The zero-order valence-electron chi connectivity index (χ0n) is 45.6. The molecule has 0 aliphatic carbocycles. The van der Waals surface area contributed by atoms with Gasteiger partial charge in [0.15, 0.2) is 33.3 Å². The topological polar surface area (TPSA) is 75.6 Å². The van der Waals surface area contributed by atoms with Crippen molar-refractivity contribution in [2.24, 2.45) is 11.8 Å². The Hall–Kier alpha value is -0.872. The molecule has 1 aromatic rings. The van der Waals surface area contributed by atoms with E-state index in [-0.39, 0.29) is 38.5 Å². The molecule has 1 rings (SSSR count). The molecular formula is C52H104O7Si4. The normalized spacial score (nSPS) is 16.6. The number of benzene rings is 1. The van der Waals surface area contributed by atoms with Gasteiger partial charge in [-0.15, -0.1) is 13.2 Å². The van der Waals surface area contributed by atoms with E-state index < -0.39 is 39.4 Å². The summed E-state index contributed by atoms with van der Waals surface area (Å²) < 4.78 is 38.3. The van der Waals surface area contributed by atoms with Crippen LogP contribution >= 0.6 is 0 Å². The Morgan fingerprint density at radius 1 is 0.571 bits per heavy atom. The van der Waals surface area contributed by atoms with Crippen molar-refractivity contribution >= 4 is 33.3 Å². The van der Waals surface area contributed by atoms with E-state index in [1.54, 1.807) is 7.11 Å². The summed E-state index contributed by atoms with van der Waals surface area (Å²) in [5.41, 5.74) is 1.15. The molecule has 1 N–H and O–H groups in total. The fourth-order valence-electron chi connectivity index (χ4n) is 5.91. The van der Waals surface area contributed by atoms with Crippen LogP contribution in [0.25, 0.3) is 0 Å². The number of rotatable bonds is 26. The molecule has 0 radical (unpaired) electrons. The molecule has 0 amide bonds. The molecule has 1 aromatic carbocycles. The van der Waals surface area contributed by atoms with Gasteiger partial charge < -0.3 is 32.3 Å². The minimum absolute atomic E-state index is 0.0545. The Kier molecular flexibility index (Phi) is 25.7. The molecule has 0 bridgehead atoms. The maximum atomic E-state index is 10.7. The summed E-state index contributed by atoms with van der Waals surface area (Å²) in [6.45, 7) is 60.0. The predicted octanol–water partition coefficient (Wildman–Crippen LogP) is 15.7. The standard InChI is InChI=1S/C30H56O4Si2.C22H48O3Si2/c1-14-15-24(2)28(34-36(12,13)30(6,7)8)22-27(20-21-33-35(10,11)29(3,4)5)32-23-25-16-18-26(31-9)19-17-25;1-13-14-18(2)20(25-27(11,12)22(6,7)8)17-19(23)15-16-24-26(9,10)21(3,4)5/h14,16-19,24,27-28H,1,15,20-23H2,2-13H3;13,18-20,23H,1,14-17H2,2-12H3/t24-,27-,28+;18-,19-,20+/m11/s1. The van der Waals surface area contributed by atoms with Gasteiger partial charge in [-0.1, -0.05) is 121 Å². The highest BCUT2D eigenvalue weighted by Gasteiger charge is 2.43. The van der Waals surface area contributed by atoms with E-state index in [0.717, 1.165) is 37.0 Å². The van der Waals surface area contributed by atoms with Crippen LogP contribution in [-0.4, -0.2) is 83.1 Å². The van der Waals surface area contributed by atoms with Crippen LogP contribution < -0.4 is 4.74 Å². The van der Waals surface area contributed by atoms with Crippen molar-refractivity contribution in [1.82, 2.24) is 0 Å². The van der Waals surface area contributed by atoms with Crippen LogP contribution in [0, 0.1) is 11.8 Å². The highest BCUT2D eigenvalue weighted by Crippen LogP contribution is 2.42. The van der Waals surface area contributed by atoms with E-state index in [0.29, 0.717) is 44.5 Å². The number of ether oxygens (including phenoxy) is 2. The van der Waals surface area contributed by atoms with Crippen LogP contribution in [0.3, 0.4) is 0 Å². The average molecular weight is 954 g/mol. The van der Waals surface area contributed by atoms with Gasteiger partial charge in [0.2, 0.25) is 0 Å². The van der Waals surface area contributed by atoms with Gasteiger partial charge in [0.25, 0.3) is 0 Å². The van der Waals surface area contributed by atoms with Crippen molar-refractivity contribution in [3.63, 3.8) is 0 Å². The molecular weight excluding hydrogens is 849 g/mol. The molecule has 0 unspecified atom stereocenters. The summed E-state index contributed by atoms with van der Waals surface area (Å²) >= 11 is 0. The zero-order chi connectivity index (χ0) is 49.5. The summed E-state index contributed by atoms with van der Waals surface area (Å²) in [5.74, 6) is 1.59. The summed E-state index contributed by atoms with van der Waals surface area (Å²) in [4.78, 5) is 0. The molecule has 0 saturated carbocycles. The number of aliphatic hydroxyl groups is 1. The quantitative estimate of drug-likeness (QED) is 0.0732. The first-order valence-corrected chi connectivity index (χ1v) is 35.8. The lowest BCUT2D eigenvalue weighted by molar-refractivity contribution is -0.0154. The van der Waals surface area contributed by atoms with Crippen LogP contribution in [-0.2, 0) is 29.0 Å². The van der Waals surface area contributed by atoms with Crippen LogP contribution in [0.1, 0.15) is 141 Å². The average Bonchev–Trinajstić information content (AvgIpc) is 3.11. The van der Waals surface area contributed by atoms with E-state index in [1.807, 2.05) is 24.3 Å². The lowest BCUT2D eigenvalue weighted by Gasteiger charge is -2.42. The molecule has 370 valence electrons. The number of hydrogen-bond acceptors (Lipinski definition) is 7. The fourth-order valence-corrected chi connectivity index (χ4v) is 10.9. The maximum absolute atomic E-state index is 10.7. The second-order valence-electron chi connectivity index (χ2n) is 24.5. The largest absolute Gasteiger partial charge is 0.497 e. The van der Waals surface area contributed by atoms with Crippen LogP contribution in [0.5, 0.6) is 5.75 Å². The van der Waals surface area contributed by atoms with Crippen molar-refractivity contribution in [1.29, 1.82) is 0 Å². The molecule has 0 aromatic heterocycles. The van der Waals surface area contributed by atoms with Gasteiger partial charge in [0.05, 0.1) is 38.1 Å². The molecule has 6 atom stereocenters. The second kappa shape index (κ2) is 26.0. The molecule has 11 heteroatoms. The Balaban J connectivity index is 0.00000127. The lowest BCUT2D eigenvalue weighted by atomic mass is 9.95. The molecule has 0 fully saturated rings. The van der Waals surface area contributed by atoms with E-state index in [4.69, 9.17) is 27.2 Å². The summed E-state index contributed by atoms with van der Waals surface area (Å²) in [6.07, 6.45) is 8.73.